The Morgan fingerprint density at radius 2 is 2.23 bits per heavy atom. The SMILES string of the molecule is CCc1cc(CNC(=NC)NC2CCN(c3ccccc3Br)C2)on1.I. The van der Waals surface area contributed by atoms with Crippen LogP contribution in [0.4, 0.5) is 5.69 Å². The molecule has 6 nitrogen and oxygen atoms in total. The quantitative estimate of drug-likeness (QED) is 0.349. The second-order valence-corrected chi connectivity index (χ2v) is 6.95. The first-order valence-electron chi connectivity index (χ1n) is 8.60. The van der Waals surface area contributed by atoms with E-state index in [1.165, 1.54) is 5.69 Å². The highest BCUT2D eigenvalue weighted by atomic mass is 127. The van der Waals surface area contributed by atoms with Crippen LogP contribution in [0.15, 0.2) is 44.3 Å². The minimum Gasteiger partial charge on any atom is -0.368 e. The van der Waals surface area contributed by atoms with Gasteiger partial charge in [0.15, 0.2) is 11.7 Å². The smallest absolute Gasteiger partial charge is 0.191 e. The highest BCUT2D eigenvalue weighted by molar-refractivity contribution is 14.0. The van der Waals surface area contributed by atoms with Gasteiger partial charge >= 0.3 is 0 Å². The number of aliphatic imine (C=N–C) groups is 1. The summed E-state index contributed by atoms with van der Waals surface area (Å²) < 4.78 is 6.43. The number of rotatable bonds is 5. The van der Waals surface area contributed by atoms with Gasteiger partial charge in [-0.1, -0.05) is 24.2 Å². The molecule has 2 heterocycles. The zero-order chi connectivity index (χ0) is 17.6. The van der Waals surface area contributed by atoms with Gasteiger partial charge in [0.25, 0.3) is 0 Å². The summed E-state index contributed by atoms with van der Waals surface area (Å²) in [6.45, 7) is 4.62. The van der Waals surface area contributed by atoms with Crippen molar-refractivity contribution >= 4 is 51.6 Å². The lowest BCUT2D eigenvalue weighted by Gasteiger charge is -2.21. The first-order valence-corrected chi connectivity index (χ1v) is 9.40. The molecule has 3 rings (SSSR count). The third-order valence-corrected chi connectivity index (χ3v) is 5.02. The van der Waals surface area contributed by atoms with Gasteiger partial charge < -0.3 is 20.1 Å². The Morgan fingerprint density at radius 1 is 1.42 bits per heavy atom. The van der Waals surface area contributed by atoms with Crippen molar-refractivity contribution in [2.75, 3.05) is 25.0 Å². The second-order valence-electron chi connectivity index (χ2n) is 6.09. The summed E-state index contributed by atoms with van der Waals surface area (Å²) in [7, 11) is 1.79. The average Bonchev–Trinajstić information content (AvgIpc) is 3.28. The number of nitrogens with zero attached hydrogens (tertiary/aromatic N) is 3. The molecule has 1 fully saturated rings. The van der Waals surface area contributed by atoms with Crippen LogP contribution in [0.3, 0.4) is 0 Å². The van der Waals surface area contributed by atoms with Crippen LogP contribution in [0, 0.1) is 0 Å². The predicted molar refractivity (Wildman–Crippen MR) is 119 cm³/mol. The Hall–Kier alpha value is -1.29. The first-order chi connectivity index (χ1) is 12.2. The number of hydrogen-bond acceptors (Lipinski definition) is 4. The number of nitrogens with one attached hydrogen (secondary N) is 2. The normalized spacial score (nSPS) is 17.1. The molecule has 0 saturated carbocycles. The minimum atomic E-state index is 0. The Balaban J connectivity index is 0.00000243. The summed E-state index contributed by atoms with van der Waals surface area (Å²) in [6, 6.07) is 10.7. The Labute approximate surface area is 179 Å². The van der Waals surface area contributed by atoms with Crippen molar-refractivity contribution in [1.29, 1.82) is 0 Å². The lowest BCUT2D eigenvalue weighted by Crippen LogP contribution is -2.44. The number of para-hydroxylation sites is 1. The topological polar surface area (TPSA) is 65.7 Å². The predicted octanol–water partition coefficient (Wildman–Crippen LogP) is 3.56. The lowest BCUT2D eigenvalue weighted by molar-refractivity contribution is 0.374. The molecule has 1 unspecified atom stereocenters. The first kappa shape index (κ1) is 21.0. The number of aryl methyl sites for hydroxylation is 1. The molecule has 142 valence electrons. The Kier molecular flexibility index (Phi) is 8.20. The Bertz CT molecular complexity index is 736. The van der Waals surface area contributed by atoms with Gasteiger partial charge in [-0.2, -0.15) is 0 Å². The van der Waals surface area contributed by atoms with Crippen molar-refractivity contribution in [3.8, 4) is 0 Å². The molecule has 1 aromatic carbocycles. The molecule has 1 aromatic heterocycles. The lowest BCUT2D eigenvalue weighted by atomic mass is 10.2. The number of anilines is 1. The van der Waals surface area contributed by atoms with Crippen LogP contribution >= 0.6 is 39.9 Å². The molecule has 26 heavy (non-hydrogen) atoms. The van der Waals surface area contributed by atoms with E-state index >= 15 is 0 Å². The minimum absolute atomic E-state index is 0. The van der Waals surface area contributed by atoms with E-state index in [1.807, 2.05) is 12.1 Å². The van der Waals surface area contributed by atoms with Crippen LogP contribution in [0.25, 0.3) is 0 Å². The van der Waals surface area contributed by atoms with Crippen LogP contribution in [0.5, 0.6) is 0 Å². The van der Waals surface area contributed by atoms with Crippen molar-refractivity contribution in [3.05, 3.63) is 46.3 Å². The van der Waals surface area contributed by atoms with Crippen molar-refractivity contribution in [2.45, 2.75) is 32.4 Å². The fourth-order valence-corrected chi connectivity index (χ4v) is 3.51. The zero-order valence-corrected chi connectivity index (χ0v) is 19.0. The summed E-state index contributed by atoms with van der Waals surface area (Å²) >= 11 is 3.63. The summed E-state index contributed by atoms with van der Waals surface area (Å²) in [4.78, 5) is 6.70. The molecule has 8 heteroatoms. The molecule has 2 aromatic rings. The molecule has 1 atom stereocenters. The van der Waals surface area contributed by atoms with Gasteiger partial charge in [-0.15, -0.1) is 24.0 Å². The third-order valence-electron chi connectivity index (χ3n) is 4.35. The van der Waals surface area contributed by atoms with E-state index in [1.54, 1.807) is 7.05 Å². The largest absolute Gasteiger partial charge is 0.368 e. The standard InChI is InChI=1S/C18H24BrN5O.HI/c1-3-13-10-15(25-23-13)11-21-18(20-2)22-14-8-9-24(12-14)17-7-5-4-6-16(17)19;/h4-7,10,14H,3,8-9,11-12H2,1-2H3,(H2,20,21,22);1H. The summed E-state index contributed by atoms with van der Waals surface area (Å²) in [5.74, 6) is 1.61. The maximum Gasteiger partial charge on any atom is 0.191 e. The second kappa shape index (κ2) is 10.1. The molecule has 0 aliphatic carbocycles. The van der Waals surface area contributed by atoms with Gasteiger partial charge in [0, 0.05) is 36.7 Å². The van der Waals surface area contributed by atoms with Crippen molar-refractivity contribution in [2.24, 2.45) is 4.99 Å². The van der Waals surface area contributed by atoms with E-state index in [9.17, 15) is 0 Å². The molecule has 0 spiro atoms. The molecule has 1 saturated heterocycles. The van der Waals surface area contributed by atoms with Gasteiger partial charge in [-0.25, -0.2) is 0 Å². The Morgan fingerprint density at radius 3 is 2.92 bits per heavy atom. The molecular formula is C18H25BrIN5O. The van der Waals surface area contributed by atoms with Crippen LogP contribution in [-0.4, -0.2) is 37.3 Å². The number of hydrogen-bond donors (Lipinski definition) is 2. The molecule has 0 bridgehead atoms. The van der Waals surface area contributed by atoms with Gasteiger partial charge in [0.1, 0.15) is 0 Å². The van der Waals surface area contributed by atoms with Gasteiger partial charge in [0.05, 0.1) is 17.9 Å². The summed E-state index contributed by atoms with van der Waals surface area (Å²) in [6.07, 6.45) is 1.95. The molecule has 0 radical (unpaired) electrons. The number of aromatic nitrogens is 1. The highest BCUT2D eigenvalue weighted by Gasteiger charge is 2.24. The maximum absolute atomic E-state index is 5.30. The van der Waals surface area contributed by atoms with Gasteiger partial charge in [-0.05, 0) is 40.9 Å². The zero-order valence-electron chi connectivity index (χ0n) is 15.0. The molecule has 1 aliphatic rings. The van der Waals surface area contributed by atoms with E-state index in [-0.39, 0.29) is 24.0 Å². The highest BCUT2D eigenvalue weighted by Crippen LogP contribution is 2.28. The summed E-state index contributed by atoms with van der Waals surface area (Å²) in [5.41, 5.74) is 2.21. The van der Waals surface area contributed by atoms with E-state index in [0.717, 1.165) is 47.8 Å². The fraction of sp³-hybridized carbons (Fsp3) is 0.444. The monoisotopic (exact) mass is 533 g/mol. The van der Waals surface area contributed by atoms with E-state index in [2.05, 4.69) is 66.7 Å². The van der Waals surface area contributed by atoms with E-state index in [4.69, 9.17) is 4.52 Å². The van der Waals surface area contributed by atoms with Crippen molar-refractivity contribution in [3.63, 3.8) is 0 Å². The van der Waals surface area contributed by atoms with Crippen molar-refractivity contribution in [1.82, 2.24) is 15.8 Å². The van der Waals surface area contributed by atoms with E-state index < -0.39 is 0 Å². The third kappa shape index (κ3) is 5.35. The number of halogens is 2. The molecular weight excluding hydrogens is 509 g/mol. The van der Waals surface area contributed by atoms with Crippen LogP contribution in [0.1, 0.15) is 24.8 Å². The van der Waals surface area contributed by atoms with E-state index in [0.29, 0.717) is 12.6 Å². The molecule has 0 amide bonds. The maximum atomic E-state index is 5.30. The molecule has 2 N–H and O–H groups in total. The number of benzene rings is 1. The van der Waals surface area contributed by atoms with Crippen molar-refractivity contribution < 1.29 is 4.52 Å². The van der Waals surface area contributed by atoms with Crippen LogP contribution in [-0.2, 0) is 13.0 Å². The van der Waals surface area contributed by atoms with Gasteiger partial charge in [-0.3, -0.25) is 4.99 Å². The average molecular weight is 534 g/mol. The fourth-order valence-electron chi connectivity index (χ4n) is 2.97. The summed E-state index contributed by atoms with van der Waals surface area (Å²) in [5, 5.41) is 10.8. The molecule has 1 aliphatic heterocycles. The van der Waals surface area contributed by atoms with Gasteiger partial charge in [0.2, 0.25) is 0 Å². The van der Waals surface area contributed by atoms with Crippen LogP contribution < -0.4 is 15.5 Å². The number of guanidine groups is 1. The van der Waals surface area contributed by atoms with Crippen LogP contribution in [0.2, 0.25) is 0 Å².